The highest BCUT2D eigenvalue weighted by molar-refractivity contribution is 4.84. The first-order valence-electron chi connectivity index (χ1n) is 6.70. The lowest BCUT2D eigenvalue weighted by atomic mass is 9.85. The summed E-state index contributed by atoms with van der Waals surface area (Å²) in [4.78, 5) is 2.41. The molecule has 1 heterocycles. The Kier molecular flexibility index (Phi) is 3.88. The molecule has 94 valence electrons. The molecule has 16 heavy (non-hydrogen) atoms. The van der Waals surface area contributed by atoms with Crippen LogP contribution in [0.1, 0.15) is 45.4 Å². The zero-order chi connectivity index (χ0) is 11.6. The van der Waals surface area contributed by atoms with Crippen LogP contribution in [0.3, 0.4) is 0 Å². The average molecular weight is 227 g/mol. The summed E-state index contributed by atoms with van der Waals surface area (Å²) in [5.74, 6) is 0.469. The fourth-order valence-electron chi connectivity index (χ4n) is 2.95. The Hall–Kier alpha value is -0.120. The van der Waals surface area contributed by atoms with Crippen LogP contribution in [-0.2, 0) is 0 Å². The van der Waals surface area contributed by atoms with Gasteiger partial charge in [0.2, 0.25) is 0 Å². The Morgan fingerprint density at radius 2 is 1.81 bits per heavy atom. The Morgan fingerprint density at radius 1 is 1.19 bits per heavy atom. The predicted octanol–water partition coefficient (Wildman–Crippen LogP) is 1.38. The predicted molar refractivity (Wildman–Crippen MR) is 64.3 cm³/mol. The van der Waals surface area contributed by atoms with E-state index in [0.29, 0.717) is 5.92 Å². The second-order valence-electron chi connectivity index (χ2n) is 5.91. The number of rotatable bonds is 2. The zero-order valence-corrected chi connectivity index (χ0v) is 10.4. The van der Waals surface area contributed by atoms with Crippen LogP contribution < -0.4 is 0 Å². The molecule has 1 saturated carbocycles. The van der Waals surface area contributed by atoms with Gasteiger partial charge in [0.1, 0.15) is 0 Å². The number of aliphatic hydroxyl groups is 2. The van der Waals surface area contributed by atoms with Crippen molar-refractivity contribution < 1.29 is 10.2 Å². The summed E-state index contributed by atoms with van der Waals surface area (Å²) in [6.07, 6.45) is 6.27. The Balaban J connectivity index is 1.77. The molecule has 0 aromatic rings. The van der Waals surface area contributed by atoms with Crippen molar-refractivity contribution in [1.82, 2.24) is 4.90 Å². The minimum Gasteiger partial charge on any atom is -0.393 e. The summed E-state index contributed by atoms with van der Waals surface area (Å²) in [6, 6.07) is 0. The summed E-state index contributed by atoms with van der Waals surface area (Å²) in [6.45, 7) is 4.92. The van der Waals surface area contributed by atoms with E-state index in [1.54, 1.807) is 0 Å². The fraction of sp³-hybridized carbons (Fsp3) is 1.00. The maximum absolute atomic E-state index is 9.93. The van der Waals surface area contributed by atoms with Crippen LogP contribution in [0.15, 0.2) is 0 Å². The minimum atomic E-state index is -0.457. The molecule has 1 aliphatic heterocycles. The maximum Gasteiger partial charge on any atom is 0.0644 e. The monoisotopic (exact) mass is 227 g/mol. The lowest BCUT2D eigenvalue weighted by Crippen LogP contribution is -2.46. The molecule has 0 radical (unpaired) electrons. The van der Waals surface area contributed by atoms with Gasteiger partial charge in [0.05, 0.1) is 11.7 Å². The first kappa shape index (κ1) is 12.3. The third-order valence-corrected chi connectivity index (χ3v) is 4.29. The van der Waals surface area contributed by atoms with Crippen LogP contribution in [-0.4, -0.2) is 46.5 Å². The largest absolute Gasteiger partial charge is 0.393 e. The molecule has 0 aromatic heterocycles. The molecule has 0 aromatic carbocycles. The van der Waals surface area contributed by atoms with Crippen LogP contribution in [0.2, 0.25) is 0 Å². The molecule has 2 aliphatic rings. The standard InChI is InChI=1S/C13H25NO2/c1-13(16)6-8-14(9-7-13)10-11-4-2-3-5-12(11)15/h11-12,15-16H,2-10H2,1H3. The highest BCUT2D eigenvalue weighted by Gasteiger charge is 2.30. The van der Waals surface area contributed by atoms with Gasteiger partial charge in [0, 0.05) is 19.6 Å². The first-order chi connectivity index (χ1) is 7.57. The van der Waals surface area contributed by atoms with Gasteiger partial charge in [-0.2, -0.15) is 0 Å². The summed E-state index contributed by atoms with van der Waals surface area (Å²) in [5, 5.41) is 19.8. The molecule has 2 unspecified atom stereocenters. The number of likely N-dealkylation sites (tertiary alicyclic amines) is 1. The number of aliphatic hydroxyl groups excluding tert-OH is 1. The van der Waals surface area contributed by atoms with Crippen LogP contribution >= 0.6 is 0 Å². The third-order valence-electron chi connectivity index (χ3n) is 4.29. The number of nitrogens with zero attached hydrogens (tertiary/aromatic N) is 1. The van der Waals surface area contributed by atoms with Gasteiger partial charge in [-0.3, -0.25) is 0 Å². The quantitative estimate of drug-likeness (QED) is 0.749. The van der Waals surface area contributed by atoms with Crippen molar-refractivity contribution in [2.75, 3.05) is 19.6 Å². The summed E-state index contributed by atoms with van der Waals surface area (Å²) < 4.78 is 0. The summed E-state index contributed by atoms with van der Waals surface area (Å²) in [7, 11) is 0. The van der Waals surface area contributed by atoms with E-state index in [1.165, 1.54) is 19.3 Å². The molecule has 1 saturated heterocycles. The van der Waals surface area contributed by atoms with Gasteiger partial charge in [-0.25, -0.2) is 0 Å². The zero-order valence-electron chi connectivity index (χ0n) is 10.4. The van der Waals surface area contributed by atoms with E-state index in [1.807, 2.05) is 6.92 Å². The van der Waals surface area contributed by atoms with E-state index in [-0.39, 0.29) is 6.10 Å². The van der Waals surface area contributed by atoms with Crippen LogP contribution in [0.5, 0.6) is 0 Å². The second-order valence-corrected chi connectivity index (χ2v) is 5.91. The number of hydrogen-bond donors (Lipinski definition) is 2. The molecule has 1 aliphatic carbocycles. The molecule has 3 heteroatoms. The molecule has 0 spiro atoms. The molecule has 2 rings (SSSR count). The smallest absolute Gasteiger partial charge is 0.0644 e. The molecule has 3 nitrogen and oxygen atoms in total. The van der Waals surface area contributed by atoms with Gasteiger partial charge in [-0.15, -0.1) is 0 Å². The van der Waals surface area contributed by atoms with Gasteiger partial charge in [-0.1, -0.05) is 12.8 Å². The van der Waals surface area contributed by atoms with Crippen LogP contribution in [0.25, 0.3) is 0 Å². The van der Waals surface area contributed by atoms with Gasteiger partial charge < -0.3 is 15.1 Å². The second kappa shape index (κ2) is 5.03. The Labute approximate surface area is 98.5 Å². The van der Waals surface area contributed by atoms with E-state index in [2.05, 4.69) is 4.90 Å². The highest BCUT2D eigenvalue weighted by Crippen LogP contribution is 2.27. The topological polar surface area (TPSA) is 43.7 Å². The van der Waals surface area contributed by atoms with Gasteiger partial charge in [0.15, 0.2) is 0 Å². The SMILES string of the molecule is CC1(O)CCN(CC2CCCCC2O)CC1. The highest BCUT2D eigenvalue weighted by atomic mass is 16.3. The van der Waals surface area contributed by atoms with Gasteiger partial charge in [-0.05, 0) is 38.5 Å². The van der Waals surface area contributed by atoms with E-state index >= 15 is 0 Å². The van der Waals surface area contributed by atoms with Gasteiger partial charge in [0.25, 0.3) is 0 Å². The Morgan fingerprint density at radius 3 is 2.44 bits per heavy atom. The lowest BCUT2D eigenvalue weighted by Gasteiger charge is -2.39. The maximum atomic E-state index is 9.93. The molecule has 2 atom stereocenters. The lowest BCUT2D eigenvalue weighted by molar-refractivity contribution is -0.0206. The number of piperidine rings is 1. The van der Waals surface area contributed by atoms with Gasteiger partial charge >= 0.3 is 0 Å². The van der Waals surface area contributed by atoms with Crippen molar-refractivity contribution in [1.29, 1.82) is 0 Å². The average Bonchev–Trinajstić information content (AvgIpc) is 2.24. The normalized spacial score (nSPS) is 36.2. The number of hydrogen-bond acceptors (Lipinski definition) is 3. The van der Waals surface area contributed by atoms with Crippen LogP contribution in [0.4, 0.5) is 0 Å². The van der Waals surface area contributed by atoms with E-state index < -0.39 is 5.60 Å². The molecule has 2 fully saturated rings. The van der Waals surface area contributed by atoms with Crippen molar-refractivity contribution in [3.05, 3.63) is 0 Å². The molecule has 0 bridgehead atoms. The molecular formula is C13H25NO2. The van der Waals surface area contributed by atoms with Crippen molar-refractivity contribution in [2.45, 2.75) is 57.2 Å². The van der Waals surface area contributed by atoms with Crippen molar-refractivity contribution in [3.63, 3.8) is 0 Å². The third kappa shape index (κ3) is 3.19. The van der Waals surface area contributed by atoms with Crippen molar-refractivity contribution in [2.24, 2.45) is 5.92 Å². The van der Waals surface area contributed by atoms with E-state index in [0.717, 1.165) is 38.9 Å². The summed E-state index contributed by atoms with van der Waals surface area (Å²) in [5.41, 5.74) is -0.457. The fourth-order valence-corrected chi connectivity index (χ4v) is 2.95. The first-order valence-corrected chi connectivity index (χ1v) is 6.70. The van der Waals surface area contributed by atoms with E-state index in [9.17, 15) is 10.2 Å². The van der Waals surface area contributed by atoms with Crippen molar-refractivity contribution in [3.8, 4) is 0 Å². The Bertz CT molecular complexity index is 220. The molecular weight excluding hydrogens is 202 g/mol. The molecule has 0 amide bonds. The molecule has 2 N–H and O–H groups in total. The van der Waals surface area contributed by atoms with Crippen molar-refractivity contribution >= 4 is 0 Å². The van der Waals surface area contributed by atoms with Crippen LogP contribution in [0, 0.1) is 5.92 Å². The van der Waals surface area contributed by atoms with E-state index in [4.69, 9.17) is 0 Å². The minimum absolute atomic E-state index is 0.0869. The summed E-state index contributed by atoms with van der Waals surface area (Å²) >= 11 is 0.